The van der Waals surface area contributed by atoms with E-state index in [2.05, 4.69) is 27.9 Å². The Balaban J connectivity index is 1.57. The molecule has 0 spiro atoms. The molecule has 0 aliphatic carbocycles. The Kier molecular flexibility index (Phi) is 5.33. The van der Waals surface area contributed by atoms with Crippen LogP contribution in [0.15, 0.2) is 42.7 Å². The number of hydrogen-bond donors (Lipinski definition) is 2. The van der Waals surface area contributed by atoms with Crippen LogP contribution in [0.5, 0.6) is 0 Å². The summed E-state index contributed by atoms with van der Waals surface area (Å²) >= 11 is 0. The quantitative estimate of drug-likeness (QED) is 0.885. The van der Waals surface area contributed by atoms with Crippen LogP contribution in [0.4, 0.5) is 4.79 Å². The number of benzene rings is 1. The van der Waals surface area contributed by atoms with Crippen molar-refractivity contribution in [3.63, 3.8) is 0 Å². The summed E-state index contributed by atoms with van der Waals surface area (Å²) in [5, 5.41) is 10.1. The number of aromatic nitrogens is 2. The molecule has 7 heteroatoms. The van der Waals surface area contributed by atoms with Crippen LogP contribution in [0.25, 0.3) is 0 Å². The molecular formula is C18H23N5O2. The monoisotopic (exact) mass is 341 g/mol. The van der Waals surface area contributed by atoms with Gasteiger partial charge in [0, 0.05) is 37.8 Å². The summed E-state index contributed by atoms with van der Waals surface area (Å²) in [6.07, 6.45) is 4.07. The van der Waals surface area contributed by atoms with Crippen LogP contribution < -0.4 is 10.6 Å². The van der Waals surface area contributed by atoms with Gasteiger partial charge in [-0.25, -0.2) is 4.79 Å². The van der Waals surface area contributed by atoms with Gasteiger partial charge in [0.05, 0.1) is 18.8 Å². The van der Waals surface area contributed by atoms with E-state index in [1.54, 1.807) is 11.1 Å². The number of hydrogen-bond acceptors (Lipinski definition) is 3. The third-order valence-corrected chi connectivity index (χ3v) is 4.28. The van der Waals surface area contributed by atoms with E-state index < -0.39 is 0 Å². The van der Waals surface area contributed by atoms with Crippen molar-refractivity contribution >= 4 is 11.9 Å². The second-order valence-electron chi connectivity index (χ2n) is 6.22. The molecule has 3 amide bonds. The zero-order valence-electron chi connectivity index (χ0n) is 14.3. The van der Waals surface area contributed by atoms with Crippen LogP contribution in [0, 0.1) is 0 Å². The van der Waals surface area contributed by atoms with Gasteiger partial charge < -0.3 is 15.5 Å². The number of carbonyl (C=O) groups excluding carboxylic acids is 2. The fourth-order valence-electron chi connectivity index (χ4n) is 2.79. The van der Waals surface area contributed by atoms with Crippen LogP contribution in [-0.2, 0) is 11.3 Å². The first-order valence-corrected chi connectivity index (χ1v) is 8.50. The summed E-state index contributed by atoms with van der Waals surface area (Å²) in [7, 11) is 0. The van der Waals surface area contributed by atoms with Crippen LogP contribution in [0.1, 0.15) is 30.5 Å². The van der Waals surface area contributed by atoms with E-state index in [0.29, 0.717) is 32.6 Å². The predicted molar refractivity (Wildman–Crippen MR) is 93.9 cm³/mol. The van der Waals surface area contributed by atoms with E-state index in [4.69, 9.17) is 0 Å². The van der Waals surface area contributed by atoms with Gasteiger partial charge in [0.15, 0.2) is 0 Å². The van der Waals surface area contributed by atoms with Crippen LogP contribution in [0.3, 0.4) is 0 Å². The Morgan fingerprint density at radius 2 is 2.12 bits per heavy atom. The first kappa shape index (κ1) is 17.0. The fraction of sp³-hybridized carbons (Fsp3) is 0.389. The maximum Gasteiger partial charge on any atom is 0.317 e. The van der Waals surface area contributed by atoms with Gasteiger partial charge in [-0.3, -0.25) is 9.48 Å². The first-order chi connectivity index (χ1) is 12.1. The molecule has 3 rings (SSSR count). The molecule has 1 aliphatic rings. The number of amides is 3. The molecule has 132 valence electrons. The molecule has 1 atom stereocenters. The molecule has 1 saturated heterocycles. The highest BCUT2D eigenvalue weighted by Crippen LogP contribution is 2.13. The lowest BCUT2D eigenvalue weighted by molar-refractivity contribution is -0.120. The van der Waals surface area contributed by atoms with E-state index in [1.807, 2.05) is 36.0 Å². The Labute approximate surface area is 147 Å². The topological polar surface area (TPSA) is 79.3 Å². The van der Waals surface area contributed by atoms with E-state index in [-0.39, 0.29) is 18.0 Å². The molecule has 1 aliphatic heterocycles. The molecule has 1 unspecified atom stereocenters. The van der Waals surface area contributed by atoms with Gasteiger partial charge in [0.1, 0.15) is 0 Å². The Morgan fingerprint density at radius 1 is 1.32 bits per heavy atom. The zero-order chi connectivity index (χ0) is 17.6. The normalized spacial score (nSPS) is 16.0. The molecule has 1 fully saturated rings. The van der Waals surface area contributed by atoms with Crippen LogP contribution in [-0.4, -0.2) is 46.3 Å². The summed E-state index contributed by atoms with van der Waals surface area (Å²) in [6.45, 7) is 4.09. The zero-order valence-corrected chi connectivity index (χ0v) is 14.3. The number of nitrogens with zero attached hydrogens (tertiary/aromatic N) is 3. The van der Waals surface area contributed by atoms with Crippen molar-refractivity contribution < 1.29 is 9.59 Å². The highest BCUT2D eigenvalue weighted by molar-refractivity contribution is 5.79. The summed E-state index contributed by atoms with van der Waals surface area (Å²) in [4.78, 5) is 25.4. The maximum atomic E-state index is 12.4. The van der Waals surface area contributed by atoms with Gasteiger partial charge in [0.2, 0.25) is 5.91 Å². The number of rotatable bonds is 4. The molecule has 7 nitrogen and oxygen atoms in total. The van der Waals surface area contributed by atoms with Crippen molar-refractivity contribution in [3.8, 4) is 0 Å². The second-order valence-corrected chi connectivity index (χ2v) is 6.22. The van der Waals surface area contributed by atoms with Gasteiger partial charge in [-0.1, -0.05) is 30.3 Å². The largest absolute Gasteiger partial charge is 0.354 e. The molecule has 1 aromatic heterocycles. The molecule has 2 N–H and O–H groups in total. The number of nitrogens with one attached hydrogen (secondary N) is 2. The second kappa shape index (κ2) is 7.83. The van der Waals surface area contributed by atoms with Gasteiger partial charge in [0.25, 0.3) is 0 Å². The van der Waals surface area contributed by atoms with Crippen molar-refractivity contribution in [3.05, 3.63) is 53.9 Å². The smallest absolute Gasteiger partial charge is 0.317 e. The molecule has 0 bridgehead atoms. The van der Waals surface area contributed by atoms with Crippen LogP contribution in [0.2, 0.25) is 0 Å². The molecule has 2 heterocycles. The van der Waals surface area contributed by atoms with Gasteiger partial charge in [-0.2, -0.15) is 5.10 Å². The lowest BCUT2D eigenvalue weighted by Crippen LogP contribution is -2.42. The van der Waals surface area contributed by atoms with Gasteiger partial charge in [-0.15, -0.1) is 0 Å². The minimum absolute atomic E-state index is 0.00876. The van der Waals surface area contributed by atoms with Crippen molar-refractivity contribution in [1.82, 2.24) is 25.3 Å². The van der Waals surface area contributed by atoms with Crippen LogP contribution >= 0.6 is 0 Å². The molecule has 0 saturated carbocycles. The van der Waals surface area contributed by atoms with E-state index in [1.165, 1.54) is 5.56 Å². The van der Waals surface area contributed by atoms with Gasteiger partial charge in [-0.05, 0) is 12.5 Å². The summed E-state index contributed by atoms with van der Waals surface area (Å²) in [5.41, 5.74) is 2.13. The summed E-state index contributed by atoms with van der Waals surface area (Å²) in [6, 6.07) is 9.81. The molecule has 0 radical (unpaired) electrons. The minimum atomic E-state index is -0.153. The van der Waals surface area contributed by atoms with Crippen molar-refractivity contribution in [2.75, 3.05) is 19.6 Å². The molecule has 2 aromatic rings. The average molecular weight is 341 g/mol. The minimum Gasteiger partial charge on any atom is -0.354 e. The highest BCUT2D eigenvalue weighted by Gasteiger charge is 2.20. The molecular weight excluding hydrogens is 318 g/mol. The Bertz CT molecular complexity index is 728. The van der Waals surface area contributed by atoms with E-state index in [0.717, 1.165) is 5.56 Å². The first-order valence-electron chi connectivity index (χ1n) is 8.50. The summed E-state index contributed by atoms with van der Waals surface area (Å²) < 4.78 is 1.86. The third-order valence-electron chi connectivity index (χ3n) is 4.28. The SMILES string of the molecule is CC(NC(=O)N1CCNC(=O)CC1)c1cnn(Cc2ccccc2)c1. The third kappa shape index (κ3) is 4.59. The number of carbonyl (C=O) groups is 2. The highest BCUT2D eigenvalue weighted by atomic mass is 16.2. The van der Waals surface area contributed by atoms with E-state index in [9.17, 15) is 9.59 Å². The van der Waals surface area contributed by atoms with Gasteiger partial charge >= 0.3 is 6.03 Å². The standard InChI is InChI=1S/C18H23N5O2/c1-14(21-18(25)22-9-7-17(24)19-8-10-22)16-11-20-23(13-16)12-15-5-3-2-4-6-15/h2-6,11,13-14H,7-10,12H2,1H3,(H,19,24)(H,21,25). The lowest BCUT2D eigenvalue weighted by atomic mass is 10.2. The Morgan fingerprint density at radius 3 is 2.92 bits per heavy atom. The average Bonchev–Trinajstić information content (AvgIpc) is 2.96. The lowest BCUT2D eigenvalue weighted by Gasteiger charge is -2.22. The van der Waals surface area contributed by atoms with Crippen molar-refractivity contribution in [2.45, 2.75) is 25.9 Å². The summed E-state index contributed by atoms with van der Waals surface area (Å²) in [5.74, 6) is -0.00876. The van der Waals surface area contributed by atoms with Crippen molar-refractivity contribution in [1.29, 1.82) is 0 Å². The number of urea groups is 1. The predicted octanol–water partition coefficient (Wildman–Crippen LogP) is 1.52. The van der Waals surface area contributed by atoms with E-state index >= 15 is 0 Å². The molecule has 25 heavy (non-hydrogen) atoms. The maximum absolute atomic E-state index is 12.4. The Hall–Kier alpha value is -2.83. The molecule has 1 aromatic carbocycles. The van der Waals surface area contributed by atoms with Crippen molar-refractivity contribution in [2.24, 2.45) is 0 Å². The fourth-order valence-corrected chi connectivity index (χ4v) is 2.79.